The summed E-state index contributed by atoms with van der Waals surface area (Å²) >= 11 is 0. The molecule has 5 N–H and O–H groups in total. The molecule has 0 aliphatic rings. The number of rotatable bonds is 3. The minimum atomic E-state index is -5.45. The van der Waals surface area contributed by atoms with E-state index in [0.29, 0.717) is 5.56 Å². The first kappa shape index (κ1) is 14.5. The second-order valence-corrected chi connectivity index (χ2v) is 7.41. The Labute approximate surface area is 97.1 Å². The second kappa shape index (κ2) is 4.30. The van der Waals surface area contributed by atoms with Gasteiger partial charge < -0.3 is 24.7 Å². The zero-order chi connectivity index (χ0) is 13.5. The summed E-state index contributed by atoms with van der Waals surface area (Å²) in [6, 6.07) is 4.89. The lowest BCUT2D eigenvalue weighted by Gasteiger charge is -2.29. The fourth-order valence-corrected chi connectivity index (χ4v) is 3.61. The summed E-state index contributed by atoms with van der Waals surface area (Å²) in [5, 5.41) is 6.21. The van der Waals surface area contributed by atoms with Crippen LogP contribution in [0.2, 0.25) is 0 Å². The van der Waals surface area contributed by atoms with Gasteiger partial charge in [-0.15, -0.1) is 0 Å². The Morgan fingerprint density at radius 1 is 0.941 bits per heavy atom. The van der Waals surface area contributed by atoms with Crippen molar-refractivity contribution in [3.8, 4) is 0 Å². The third-order valence-electron chi connectivity index (χ3n) is 2.25. The van der Waals surface area contributed by atoms with Crippen LogP contribution in [0.25, 0.3) is 0 Å². The van der Waals surface area contributed by atoms with Crippen molar-refractivity contribution in [2.24, 2.45) is 0 Å². The molecular weight excluding hydrogens is 270 g/mol. The first-order valence-corrected chi connectivity index (χ1v) is 7.63. The number of hydrogen-bond donors (Lipinski definition) is 5. The van der Waals surface area contributed by atoms with E-state index >= 15 is 0 Å². The molecule has 0 aliphatic heterocycles. The van der Waals surface area contributed by atoms with E-state index in [-0.39, 0.29) is 0 Å². The average molecular weight is 282 g/mol. The van der Waals surface area contributed by atoms with Gasteiger partial charge in [0.2, 0.25) is 0 Å². The third kappa shape index (κ3) is 2.51. The van der Waals surface area contributed by atoms with Crippen LogP contribution in [0.3, 0.4) is 0 Å². The normalized spacial score (nSPS) is 13.8. The summed E-state index contributed by atoms with van der Waals surface area (Å²) in [4.78, 5) is 35.9. The van der Waals surface area contributed by atoms with Crippen molar-refractivity contribution in [2.75, 3.05) is 0 Å². The molecule has 96 valence electrons. The molecule has 0 unspecified atom stereocenters. The molecule has 0 saturated carbocycles. The van der Waals surface area contributed by atoms with Crippen LogP contribution in [0.1, 0.15) is 11.1 Å². The minimum absolute atomic E-state index is 0.523. The quantitative estimate of drug-likeness (QED) is 0.508. The molecule has 1 aromatic carbocycles. The number of benzene rings is 1. The molecule has 0 fully saturated rings. The lowest BCUT2D eigenvalue weighted by molar-refractivity contribution is 0.131. The molecule has 1 rings (SSSR count). The smallest absolute Gasteiger partial charge is 0.364 e. The Morgan fingerprint density at radius 3 is 1.59 bits per heavy atom. The summed E-state index contributed by atoms with van der Waals surface area (Å²) in [6.45, 7) is 1.68. The van der Waals surface area contributed by atoms with Crippen LogP contribution in [0, 0.1) is 6.92 Å². The van der Waals surface area contributed by atoms with E-state index in [0.717, 1.165) is 12.1 Å². The monoisotopic (exact) mass is 282 g/mol. The highest BCUT2D eigenvalue weighted by Gasteiger charge is 2.60. The van der Waals surface area contributed by atoms with Crippen molar-refractivity contribution in [1.29, 1.82) is 0 Å². The fraction of sp³-hybridized carbons (Fsp3) is 0.250. The molecule has 0 bridgehead atoms. The highest BCUT2D eigenvalue weighted by molar-refractivity contribution is 7.71. The minimum Gasteiger partial charge on any atom is -0.364 e. The summed E-state index contributed by atoms with van der Waals surface area (Å²) < 4.78 is 22.3. The Kier molecular flexibility index (Phi) is 3.68. The summed E-state index contributed by atoms with van der Waals surface area (Å²) in [5.41, 5.74) is 0.192. The van der Waals surface area contributed by atoms with E-state index in [1.54, 1.807) is 6.92 Å². The van der Waals surface area contributed by atoms with Crippen molar-refractivity contribution in [3.63, 3.8) is 0 Å². The zero-order valence-corrected chi connectivity index (χ0v) is 10.5. The first-order chi connectivity index (χ1) is 7.50. The third-order valence-corrected chi connectivity index (χ3v) is 5.96. The Hall–Kier alpha value is -0.520. The van der Waals surface area contributed by atoms with Gasteiger partial charge >= 0.3 is 15.2 Å². The van der Waals surface area contributed by atoms with E-state index in [1.807, 2.05) is 0 Å². The van der Waals surface area contributed by atoms with Gasteiger partial charge in [-0.1, -0.05) is 29.8 Å². The fourth-order valence-electron chi connectivity index (χ4n) is 1.28. The summed E-state index contributed by atoms with van der Waals surface area (Å²) in [5.74, 6) is 0. The topological polar surface area (TPSA) is 135 Å². The highest BCUT2D eigenvalue weighted by atomic mass is 31.2. The molecule has 0 saturated heterocycles. The maximum Gasteiger partial charge on any atom is 0.374 e. The van der Waals surface area contributed by atoms with Gasteiger partial charge in [-0.25, -0.2) is 0 Å². The average Bonchev–Trinajstić information content (AvgIpc) is 2.14. The van der Waals surface area contributed by atoms with Gasteiger partial charge in [0.15, 0.2) is 0 Å². The van der Waals surface area contributed by atoms with Crippen molar-refractivity contribution in [3.05, 3.63) is 35.4 Å². The van der Waals surface area contributed by atoms with Crippen LogP contribution >= 0.6 is 15.2 Å². The zero-order valence-electron chi connectivity index (χ0n) is 8.76. The van der Waals surface area contributed by atoms with Gasteiger partial charge in [0.25, 0.3) is 5.08 Å². The molecule has 0 radical (unpaired) electrons. The van der Waals surface area contributed by atoms with Gasteiger partial charge in [-0.2, -0.15) is 0 Å². The van der Waals surface area contributed by atoms with Crippen LogP contribution in [-0.4, -0.2) is 24.7 Å². The van der Waals surface area contributed by atoms with Gasteiger partial charge in [-0.3, -0.25) is 9.13 Å². The molecule has 7 nitrogen and oxygen atoms in total. The van der Waals surface area contributed by atoms with Gasteiger partial charge in [-0.05, 0) is 6.92 Å². The van der Waals surface area contributed by atoms with Crippen molar-refractivity contribution in [2.45, 2.75) is 12.0 Å². The van der Waals surface area contributed by atoms with Gasteiger partial charge in [0.1, 0.15) is 0 Å². The summed E-state index contributed by atoms with van der Waals surface area (Å²) in [6.07, 6.45) is 0. The Balaban J connectivity index is 3.52. The van der Waals surface area contributed by atoms with Crippen molar-refractivity contribution < 1.29 is 33.8 Å². The SMILES string of the molecule is Cc1ccc(C(O)(P(=O)(O)O)P(=O)(O)O)cc1. The van der Waals surface area contributed by atoms with E-state index in [4.69, 9.17) is 19.6 Å². The van der Waals surface area contributed by atoms with Crippen LogP contribution in [-0.2, 0) is 14.2 Å². The van der Waals surface area contributed by atoms with E-state index in [9.17, 15) is 14.2 Å². The standard InChI is InChI=1S/C8H12O7P2/c1-6-2-4-7(5-3-6)8(9,16(10,11)12)17(13,14)15/h2-5,9H,1H3,(H2,10,11,12)(H2,13,14,15). The van der Waals surface area contributed by atoms with Crippen LogP contribution in [0.4, 0.5) is 0 Å². The lowest BCUT2D eigenvalue weighted by Crippen LogP contribution is -2.25. The molecule has 0 atom stereocenters. The predicted octanol–water partition coefficient (Wildman–Crippen LogP) is 0.453. The Bertz CT molecular complexity index is 475. The molecule has 17 heavy (non-hydrogen) atoms. The largest absolute Gasteiger partial charge is 0.374 e. The van der Waals surface area contributed by atoms with Crippen LogP contribution in [0.15, 0.2) is 24.3 Å². The van der Waals surface area contributed by atoms with Gasteiger partial charge in [0.05, 0.1) is 0 Å². The molecule has 9 heteroatoms. The highest BCUT2D eigenvalue weighted by Crippen LogP contribution is 2.72. The number of aliphatic hydroxyl groups is 1. The Morgan fingerprint density at radius 2 is 1.29 bits per heavy atom. The molecule has 1 aromatic rings. The second-order valence-electron chi connectivity index (χ2n) is 3.59. The van der Waals surface area contributed by atoms with Crippen molar-refractivity contribution in [1.82, 2.24) is 0 Å². The van der Waals surface area contributed by atoms with E-state index in [2.05, 4.69) is 0 Å². The van der Waals surface area contributed by atoms with Crippen molar-refractivity contribution >= 4 is 15.2 Å². The molecule has 0 aromatic heterocycles. The predicted molar refractivity (Wildman–Crippen MR) is 59.2 cm³/mol. The first-order valence-electron chi connectivity index (χ1n) is 4.41. The number of hydrogen-bond acceptors (Lipinski definition) is 3. The number of aryl methyl sites for hydroxylation is 1. The molecular formula is C8H12O7P2. The van der Waals surface area contributed by atoms with Crippen LogP contribution in [0.5, 0.6) is 0 Å². The summed E-state index contributed by atoms with van der Waals surface area (Å²) in [7, 11) is -10.9. The molecule has 0 heterocycles. The molecule has 0 spiro atoms. The lowest BCUT2D eigenvalue weighted by atomic mass is 10.2. The maximum atomic E-state index is 11.1. The van der Waals surface area contributed by atoms with E-state index < -0.39 is 25.8 Å². The van der Waals surface area contributed by atoms with Gasteiger partial charge in [0, 0.05) is 5.56 Å². The molecule has 0 amide bonds. The van der Waals surface area contributed by atoms with Crippen LogP contribution < -0.4 is 0 Å². The van der Waals surface area contributed by atoms with E-state index in [1.165, 1.54) is 12.1 Å². The molecule has 0 aliphatic carbocycles. The maximum absolute atomic E-state index is 11.1.